The van der Waals surface area contributed by atoms with E-state index in [-0.39, 0.29) is 11.8 Å². The monoisotopic (exact) mass is 206 g/mol. The minimum atomic E-state index is 0.107. The predicted molar refractivity (Wildman–Crippen MR) is 54.7 cm³/mol. The number of nitrogens with zero attached hydrogens (tertiary/aromatic N) is 2. The molecule has 1 amide bonds. The van der Waals surface area contributed by atoms with Crippen molar-refractivity contribution in [1.29, 1.82) is 0 Å². The quantitative estimate of drug-likeness (QED) is 0.718. The maximum Gasteiger partial charge on any atom is 0.223 e. The minimum Gasteiger partial charge on any atom is -0.349 e. The summed E-state index contributed by atoms with van der Waals surface area (Å²) in [7, 11) is 0. The van der Waals surface area contributed by atoms with Crippen LogP contribution in [0.5, 0.6) is 0 Å². The number of carbonyl (C=O) groups is 1. The number of aromatic amines is 1. The molecular weight excluding hydrogens is 192 g/mol. The fourth-order valence-electron chi connectivity index (χ4n) is 1.66. The Morgan fingerprint density at radius 3 is 3.20 bits per heavy atom. The lowest BCUT2D eigenvalue weighted by Gasteiger charge is -2.16. The number of H-pyrrole nitrogens is 1. The molecule has 0 bridgehead atoms. The van der Waals surface area contributed by atoms with Crippen LogP contribution in [0.2, 0.25) is 0 Å². The molecule has 2 N–H and O–H groups in total. The van der Waals surface area contributed by atoms with Gasteiger partial charge in [0.05, 0.1) is 6.54 Å². The number of hydrogen-bond donors (Lipinski definition) is 2. The lowest BCUT2D eigenvalue weighted by Crippen LogP contribution is -2.31. The summed E-state index contributed by atoms with van der Waals surface area (Å²) in [6, 6.07) is 0. The molecule has 0 saturated carbocycles. The van der Waals surface area contributed by atoms with Gasteiger partial charge in [0, 0.05) is 5.92 Å². The van der Waals surface area contributed by atoms with Crippen molar-refractivity contribution < 1.29 is 4.79 Å². The van der Waals surface area contributed by atoms with Gasteiger partial charge in [-0.3, -0.25) is 9.89 Å². The zero-order valence-electron chi connectivity index (χ0n) is 8.44. The number of allylic oxidation sites excluding steroid dienone is 2. The van der Waals surface area contributed by atoms with Crippen molar-refractivity contribution in [3.63, 3.8) is 0 Å². The molecule has 80 valence electrons. The summed E-state index contributed by atoms with van der Waals surface area (Å²) in [5, 5.41) is 9.27. The smallest absolute Gasteiger partial charge is 0.223 e. The lowest BCUT2D eigenvalue weighted by molar-refractivity contribution is -0.125. The van der Waals surface area contributed by atoms with E-state index in [1.54, 1.807) is 0 Å². The number of nitrogens with one attached hydrogen (secondary N) is 2. The number of aromatic nitrogens is 3. The van der Waals surface area contributed by atoms with Gasteiger partial charge in [0.1, 0.15) is 12.2 Å². The van der Waals surface area contributed by atoms with E-state index in [1.807, 2.05) is 0 Å². The van der Waals surface area contributed by atoms with Crippen molar-refractivity contribution in [2.45, 2.75) is 25.8 Å². The van der Waals surface area contributed by atoms with Crippen LogP contribution in [0.4, 0.5) is 0 Å². The van der Waals surface area contributed by atoms with Crippen molar-refractivity contribution in [2.24, 2.45) is 5.92 Å². The molecule has 1 aromatic rings. The molecule has 5 nitrogen and oxygen atoms in total. The Bertz CT molecular complexity index is 344. The van der Waals surface area contributed by atoms with Gasteiger partial charge in [-0.05, 0) is 19.3 Å². The largest absolute Gasteiger partial charge is 0.349 e. The van der Waals surface area contributed by atoms with E-state index >= 15 is 0 Å². The highest BCUT2D eigenvalue weighted by molar-refractivity contribution is 5.78. The molecule has 1 unspecified atom stereocenters. The average Bonchev–Trinajstić information content (AvgIpc) is 2.80. The van der Waals surface area contributed by atoms with E-state index in [0.717, 1.165) is 19.3 Å². The molecule has 1 aliphatic carbocycles. The number of hydrogen-bond acceptors (Lipinski definition) is 3. The van der Waals surface area contributed by atoms with Gasteiger partial charge < -0.3 is 5.32 Å². The molecule has 0 fully saturated rings. The fraction of sp³-hybridized carbons (Fsp3) is 0.500. The number of carbonyl (C=O) groups excluding carboxylic acids is 1. The highest BCUT2D eigenvalue weighted by atomic mass is 16.1. The van der Waals surface area contributed by atoms with Crippen LogP contribution in [0.15, 0.2) is 18.5 Å². The standard InChI is InChI=1S/C10H14N4O/c15-10(8-4-2-1-3-5-8)11-6-9-12-7-13-14-9/h1-2,7-8H,3-6H2,(H,11,15)(H,12,13,14). The molecule has 0 aliphatic heterocycles. The van der Waals surface area contributed by atoms with Gasteiger partial charge in [0.2, 0.25) is 5.91 Å². The fourth-order valence-corrected chi connectivity index (χ4v) is 1.66. The Kier molecular flexibility index (Phi) is 3.11. The van der Waals surface area contributed by atoms with Crippen molar-refractivity contribution >= 4 is 5.91 Å². The summed E-state index contributed by atoms with van der Waals surface area (Å²) >= 11 is 0. The Labute approximate surface area is 88.0 Å². The van der Waals surface area contributed by atoms with E-state index in [4.69, 9.17) is 0 Å². The summed E-state index contributed by atoms with van der Waals surface area (Å²) in [6.45, 7) is 0.430. The summed E-state index contributed by atoms with van der Waals surface area (Å²) in [5.41, 5.74) is 0. The number of rotatable bonds is 3. The Balaban J connectivity index is 1.79. The molecule has 1 aromatic heterocycles. The Morgan fingerprint density at radius 2 is 2.53 bits per heavy atom. The molecular formula is C10H14N4O. The SMILES string of the molecule is O=C(NCc1ncn[nH]1)C1CC=CCC1. The molecule has 0 spiro atoms. The minimum absolute atomic E-state index is 0.107. The van der Waals surface area contributed by atoms with E-state index in [0.29, 0.717) is 12.4 Å². The van der Waals surface area contributed by atoms with E-state index < -0.39 is 0 Å². The van der Waals surface area contributed by atoms with Crippen LogP contribution in [-0.4, -0.2) is 21.1 Å². The van der Waals surface area contributed by atoms with Gasteiger partial charge in [-0.15, -0.1) is 0 Å². The van der Waals surface area contributed by atoms with Crippen molar-refractivity contribution in [2.75, 3.05) is 0 Å². The normalized spacial score (nSPS) is 20.1. The zero-order valence-corrected chi connectivity index (χ0v) is 8.44. The maximum atomic E-state index is 11.7. The second kappa shape index (κ2) is 4.72. The molecule has 2 rings (SSSR count). The van der Waals surface area contributed by atoms with Crippen LogP contribution in [0.25, 0.3) is 0 Å². The second-order valence-electron chi connectivity index (χ2n) is 3.63. The topological polar surface area (TPSA) is 70.7 Å². The second-order valence-corrected chi connectivity index (χ2v) is 3.63. The molecule has 1 heterocycles. The van der Waals surface area contributed by atoms with Crippen LogP contribution in [-0.2, 0) is 11.3 Å². The summed E-state index contributed by atoms with van der Waals surface area (Å²) < 4.78 is 0. The van der Waals surface area contributed by atoms with Crippen LogP contribution in [0.3, 0.4) is 0 Å². The van der Waals surface area contributed by atoms with Crippen LogP contribution >= 0.6 is 0 Å². The molecule has 1 atom stereocenters. The van der Waals surface area contributed by atoms with Gasteiger partial charge in [0.15, 0.2) is 0 Å². The molecule has 0 radical (unpaired) electrons. The molecule has 5 heteroatoms. The Hall–Kier alpha value is -1.65. The van der Waals surface area contributed by atoms with Crippen LogP contribution < -0.4 is 5.32 Å². The first kappa shape index (κ1) is 9.89. The zero-order chi connectivity index (χ0) is 10.5. The van der Waals surface area contributed by atoms with Crippen LogP contribution in [0.1, 0.15) is 25.1 Å². The van der Waals surface area contributed by atoms with Crippen molar-refractivity contribution in [3.8, 4) is 0 Å². The third-order valence-corrected chi connectivity index (χ3v) is 2.53. The highest BCUT2D eigenvalue weighted by Crippen LogP contribution is 2.17. The molecule has 0 aromatic carbocycles. The summed E-state index contributed by atoms with van der Waals surface area (Å²) in [5.74, 6) is 0.920. The average molecular weight is 206 g/mol. The third kappa shape index (κ3) is 2.65. The number of amides is 1. The van der Waals surface area contributed by atoms with Gasteiger partial charge in [-0.2, -0.15) is 5.10 Å². The predicted octanol–water partition coefficient (Wildman–Crippen LogP) is 0.777. The Morgan fingerprint density at radius 1 is 1.60 bits per heavy atom. The van der Waals surface area contributed by atoms with Crippen LogP contribution in [0, 0.1) is 5.92 Å². The first-order chi connectivity index (χ1) is 7.36. The highest BCUT2D eigenvalue weighted by Gasteiger charge is 2.18. The van der Waals surface area contributed by atoms with E-state index in [9.17, 15) is 4.79 Å². The van der Waals surface area contributed by atoms with Crippen molar-refractivity contribution in [1.82, 2.24) is 20.5 Å². The molecule has 1 aliphatic rings. The van der Waals surface area contributed by atoms with Gasteiger partial charge in [-0.1, -0.05) is 12.2 Å². The van der Waals surface area contributed by atoms with E-state index in [1.165, 1.54) is 6.33 Å². The third-order valence-electron chi connectivity index (χ3n) is 2.53. The molecule has 15 heavy (non-hydrogen) atoms. The van der Waals surface area contributed by atoms with Gasteiger partial charge in [-0.25, -0.2) is 4.98 Å². The summed E-state index contributed by atoms with van der Waals surface area (Å²) in [6.07, 6.45) is 8.43. The summed E-state index contributed by atoms with van der Waals surface area (Å²) in [4.78, 5) is 15.6. The first-order valence-electron chi connectivity index (χ1n) is 5.13. The van der Waals surface area contributed by atoms with Gasteiger partial charge in [0.25, 0.3) is 0 Å². The van der Waals surface area contributed by atoms with Gasteiger partial charge >= 0.3 is 0 Å². The molecule has 0 saturated heterocycles. The first-order valence-corrected chi connectivity index (χ1v) is 5.13. The maximum absolute atomic E-state index is 11.7. The van der Waals surface area contributed by atoms with Crippen molar-refractivity contribution in [3.05, 3.63) is 24.3 Å². The van der Waals surface area contributed by atoms with E-state index in [2.05, 4.69) is 32.7 Å². The lowest BCUT2D eigenvalue weighted by atomic mass is 9.94.